The lowest BCUT2D eigenvalue weighted by Crippen LogP contribution is -2.12. The van der Waals surface area contributed by atoms with E-state index in [4.69, 9.17) is 15.2 Å². The summed E-state index contributed by atoms with van der Waals surface area (Å²) in [4.78, 5) is 4.51. The molecule has 2 aromatic carbocycles. The van der Waals surface area contributed by atoms with Crippen LogP contribution in [-0.4, -0.2) is 11.6 Å². The number of anilines is 1. The van der Waals surface area contributed by atoms with Gasteiger partial charge in [-0.3, -0.25) is 0 Å². The van der Waals surface area contributed by atoms with Crippen molar-refractivity contribution in [2.75, 3.05) is 12.3 Å². The number of benzene rings is 2. The van der Waals surface area contributed by atoms with Crippen LogP contribution < -0.4 is 15.2 Å². The van der Waals surface area contributed by atoms with Crippen LogP contribution in [0.4, 0.5) is 5.82 Å². The first-order valence-corrected chi connectivity index (χ1v) is 11.3. The van der Waals surface area contributed by atoms with Crippen molar-refractivity contribution >= 4 is 21.7 Å². The number of nitriles is 1. The summed E-state index contributed by atoms with van der Waals surface area (Å²) in [6, 6.07) is 16.1. The number of nitrogens with two attached hydrogens (primary N) is 1. The van der Waals surface area contributed by atoms with E-state index in [2.05, 4.69) is 27.0 Å². The number of aromatic nitrogens is 1. The molecule has 0 fully saturated rings. The van der Waals surface area contributed by atoms with Crippen LogP contribution in [0.2, 0.25) is 0 Å². The summed E-state index contributed by atoms with van der Waals surface area (Å²) >= 11 is 3.45. The molecule has 2 N–H and O–H groups in total. The highest BCUT2D eigenvalue weighted by Gasteiger charge is 2.23. The molecule has 4 rings (SSSR count). The van der Waals surface area contributed by atoms with E-state index >= 15 is 0 Å². The second-order valence-corrected chi connectivity index (χ2v) is 8.42. The van der Waals surface area contributed by atoms with Gasteiger partial charge in [0, 0.05) is 15.7 Å². The second-order valence-electron chi connectivity index (χ2n) is 7.50. The average molecular weight is 478 g/mol. The number of ether oxygens (including phenoxy) is 2. The number of hydrogen-bond acceptors (Lipinski definition) is 5. The van der Waals surface area contributed by atoms with Crippen LogP contribution in [0, 0.1) is 11.3 Å². The van der Waals surface area contributed by atoms with E-state index in [9.17, 15) is 5.26 Å². The molecule has 0 aliphatic heterocycles. The highest BCUT2D eigenvalue weighted by atomic mass is 79.9. The number of nitrogens with zero attached hydrogens (tertiary/aromatic N) is 2. The molecular formula is C25H24BrN3O2. The fourth-order valence-corrected chi connectivity index (χ4v) is 4.25. The van der Waals surface area contributed by atoms with Gasteiger partial charge in [-0.05, 0) is 73.6 Å². The lowest BCUT2D eigenvalue weighted by Gasteiger charge is -2.22. The maximum atomic E-state index is 9.79. The standard InChI is InChI=1S/C25H24BrN3O2/c1-2-30-23-13-17(9-12-22(23)31-15-16-7-10-18(26)11-8-16)24-19-5-3-4-6-21(19)29-25(28)20(24)14-27/h7-13H,2-6,15H2,1H3,(H2,28,29). The van der Waals surface area contributed by atoms with E-state index < -0.39 is 0 Å². The lowest BCUT2D eigenvalue weighted by molar-refractivity contribution is 0.269. The minimum Gasteiger partial charge on any atom is -0.490 e. The number of rotatable bonds is 6. The van der Waals surface area contributed by atoms with Crippen molar-refractivity contribution in [1.29, 1.82) is 5.26 Å². The van der Waals surface area contributed by atoms with E-state index in [1.54, 1.807) is 0 Å². The zero-order chi connectivity index (χ0) is 21.8. The summed E-state index contributed by atoms with van der Waals surface area (Å²) in [5.74, 6) is 1.62. The third kappa shape index (κ3) is 4.52. The monoisotopic (exact) mass is 477 g/mol. The number of pyridine rings is 1. The van der Waals surface area contributed by atoms with Gasteiger partial charge in [0.1, 0.15) is 24.1 Å². The van der Waals surface area contributed by atoms with Gasteiger partial charge in [0.2, 0.25) is 0 Å². The Balaban J connectivity index is 1.72. The molecule has 0 bridgehead atoms. The summed E-state index contributed by atoms with van der Waals surface area (Å²) < 4.78 is 13.0. The van der Waals surface area contributed by atoms with Crippen molar-refractivity contribution in [3.8, 4) is 28.7 Å². The maximum Gasteiger partial charge on any atom is 0.161 e. The Morgan fingerprint density at radius 1 is 1.06 bits per heavy atom. The normalized spacial score (nSPS) is 12.7. The van der Waals surface area contributed by atoms with Gasteiger partial charge in [-0.15, -0.1) is 0 Å². The molecular weight excluding hydrogens is 454 g/mol. The average Bonchev–Trinajstić information content (AvgIpc) is 2.78. The first-order valence-electron chi connectivity index (χ1n) is 10.5. The second kappa shape index (κ2) is 9.40. The lowest BCUT2D eigenvalue weighted by atomic mass is 9.86. The van der Waals surface area contributed by atoms with Crippen LogP contribution in [0.3, 0.4) is 0 Å². The van der Waals surface area contributed by atoms with Gasteiger partial charge in [-0.2, -0.15) is 5.26 Å². The van der Waals surface area contributed by atoms with Gasteiger partial charge >= 0.3 is 0 Å². The largest absolute Gasteiger partial charge is 0.490 e. The van der Waals surface area contributed by atoms with Crippen molar-refractivity contribution in [2.45, 2.75) is 39.2 Å². The van der Waals surface area contributed by atoms with Gasteiger partial charge in [0.05, 0.1) is 6.61 Å². The molecule has 5 nitrogen and oxygen atoms in total. The first-order chi connectivity index (χ1) is 15.1. The Hall–Kier alpha value is -3.04. The number of hydrogen-bond donors (Lipinski definition) is 1. The van der Waals surface area contributed by atoms with Crippen LogP contribution in [-0.2, 0) is 19.4 Å². The van der Waals surface area contributed by atoms with Crippen molar-refractivity contribution in [1.82, 2.24) is 4.98 Å². The van der Waals surface area contributed by atoms with Crippen molar-refractivity contribution in [3.63, 3.8) is 0 Å². The molecule has 0 radical (unpaired) electrons. The van der Waals surface area contributed by atoms with Gasteiger partial charge in [0.15, 0.2) is 11.5 Å². The Morgan fingerprint density at radius 2 is 1.84 bits per heavy atom. The van der Waals surface area contributed by atoms with Crippen LogP contribution in [0.15, 0.2) is 46.9 Å². The molecule has 0 saturated carbocycles. The minimum atomic E-state index is 0.298. The fraction of sp³-hybridized carbons (Fsp3) is 0.280. The summed E-state index contributed by atoms with van der Waals surface area (Å²) in [5.41, 5.74) is 11.6. The van der Waals surface area contributed by atoms with E-state index in [1.165, 1.54) is 0 Å². The highest BCUT2D eigenvalue weighted by molar-refractivity contribution is 9.10. The van der Waals surface area contributed by atoms with Crippen LogP contribution >= 0.6 is 15.9 Å². The Bertz CT molecular complexity index is 1140. The zero-order valence-corrected chi connectivity index (χ0v) is 19.0. The van der Waals surface area contributed by atoms with Crippen molar-refractivity contribution in [2.24, 2.45) is 0 Å². The molecule has 0 amide bonds. The quantitative estimate of drug-likeness (QED) is 0.483. The molecule has 0 atom stereocenters. The molecule has 31 heavy (non-hydrogen) atoms. The fourth-order valence-electron chi connectivity index (χ4n) is 3.99. The van der Waals surface area contributed by atoms with E-state index in [0.717, 1.165) is 58.1 Å². The summed E-state index contributed by atoms with van der Waals surface area (Å²) in [7, 11) is 0. The Kier molecular flexibility index (Phi) is 6.43. The zero-order valence-electron chi connectivity index (χ0n) is 17.5. The van der Waals surface area contributed by atoms with Crippen LogP contribution in [0.25, 0.3) is 11.1 Å². The Morgan fingerprint density at radius 3 is 2.58 bits per heavy atom. The number of fused-ring (bicyclic) bond motifs is 1. The number of aryl methyl sites for hydroxylation is 1. The molecule has 0 saturated heterocycles. The third-order valence-corrected chi connectivity index (χ3v) is 5.98. The first kappa shape index (κ1) is 21.2. The predicted octanol–water partition coefficient (Wildman–Crippen LogP) is 5.82. The third-order valence-electron chi connectivity index (χ3n) is 5.45. The van der Waals surface area contributed by atoms with Crippen molar-refractivity contribution < 1.29 is 9.47 Å². The molecule has 158 valence electrons. The highest BCUT2D eigenvalue weighted by Crippen LogP contribution is 2.39. The molecule has 3 aromatic rings. The predicted molar refractivity (Wildman–Crippen MR) is 125 cm³/mol. The van der Waals surface area contributed by atoms with Crippen molar-refractivity contribution in [3.05, 3.63) is 69.3 Å². The molecule has 0 spiro atoms. The van der Waals surface area contributed by atoms with Gasteiger partial charge in [-0.1, -0.05) is 34.1 Å². The maximum absolute atomic E-state index is 9.79. The van der Waals surface area contributed by atoms with E-state index in [1.807, 2.05) is 49.4 Å². The van der Waals surface area contributed by atoms with E-state index in [-0.39, 0.29) is 0 Å². The number of halogens is 1. The van der Waals surface area contributed by atoms with Gasteiger partial charge in [0.25, 0.3) is 0 Å². The molecule has 0 unspecified atom stereocenters. The molecule has 1 heterocycles. The smallest absolute Gasteiger partial charge is 0.161 e. The molecule has 1 aliphatic carbocycles. The molecule has 1 aromatic heterocycles. The summed E-state index contributed by atoms with van der Waals surface area (Å²) in [6.45, 7) is 2.89. The van der Waals surface area contributed by atoms with Gasteiger partial charge < -0.3 is 15.2 Å². The molecule has 1 aliphatic rings. The SMILES string of the molecule is CCOc1cc(-c2c(C#N)c(N)nc3c2CCCC3)ccc1OCc1ccc(Br)cc1. The summed E-state index contributed by atoms with van der Waals surface area (Å²) in [5, 5.41) is 9.79. The Labute approximate surface area is 191 Å². The van der Waals surface area contributed by atoms with Crippen LogP contribution in [0.5, 0.6) is 11.5 Å². The van der Waals surface area contributed by atoms with E-state index in [0.29, 0.717) is 36.1 Å². The van der Waals surface area contributed by atoms with Gasteiger partial charge in [-0.25, -0.2) is 4.98 Å². The topological polar surface area (TPSA) is 81.2 Å². The minimum absolute atomic E-state index is 0.298. The number of nitrogen functional groups attached to an aromatic ring is 1. The summed E-state index contributed by atoms with van der Waals surface area (Å²) in [6.07, 6.45) is 3.98. The van der Waals surface area contributed by atoms with Crippen LogP contribution in [0.1, 0.15) is 42.1 Å². The molecule has 6 heteroatoms.